The smallest absolute Gasteiger partial charge is 0.233 e. The van der Waals surface area contributed by atoms with E-state index in [1.165, 1.54) is 5.56 Å². The molecule has 0 saturated carbocycles. The lowest BCUT2D eigenvalue weighted by Crippen LogP contribution is -2.31. The van der Waals surface area contributed by atoms with E-state index in [0.29, 0.717) is 6.61 Å². The van der Waals surface area contributed by atoms with E-state index in [1.54, 1.807) is 0 Å². The SMILES string of the molecule is Cc1ccc(OCC(CS(=O)(=O)Cl)C(C)(C)C)cc1C. The number of hydrogen-bond donors (Lipinski definition) is 0. The highest BCUT2D eigenvalue weighted by Crippen LogP contribution is 2.29. The van der Waals surface area contributed by atoms with E-state index < -0.39 is 9.05 Å². The van der Waals surface area contributed by atoms with Crippen LogP contribution >= 0.6 is 10.7 Å². The van der Waals surface area contributed by atoms with E-state index in [0.717, 1.165) is 11.3 Å². The Labute approximate surface area is 126 Å². The van der Waals surface area contributed by atoms with Gasteiger partial charge in [-0.1, -0.05) is 26.8 Å². The maximum Gasteiger partial charge on any atom is 0.233 e. The van der Waals surface area contributed by atoms with Crippen molar-refractivity contribution in [1.29, 1.82) is 0 Å². The van der Waals surface area contributed by atoms with Gasteiger partial charge in [0, 0.05) is 16.6 Å². The molecular weight excluding hydrogens is 296 g/mol. The van der Waals surface area contributed by atoms with Gasteiger partial charge in [-0.15, -0.1) is 0 Å². The van der Waals surface area contributed by atoms with Crippen LogP contribution in [-0.2, 0) is 9.05 Å². The van der Waals surface area contributed by atoms with Crippen LogP contribution in [0.25, 0.3) is 0 Å². The summed E-state index contributed by atoms with van der Waals surface area (Å²) >= 11 is 0. The van der Waals surface area contributed by atoms with Gasteiger partial charge < -0.3 is 4.74 Å². The average Bonchev–Trinajstić information content (AvgIpc) is 2.26. The second kappa shape index (κ2) is 6.35. The van der Waals surface area contributed by atoms with Gasteiger partial charge in [0.2, 0.25) is 9.05 Å². The lowest BCUT2D eigenvalue weighted by Gasteiger charge is -2.29. The van der Waals surface area contributed by atoms with E-state index in [9.17, 15) is 8.42 Å². The lowest BCUT2D eigenvalue weighted by molar-refractivity contribution is 0.163. The van der Waals surface area contributed by atoms with Crippen LogP contribution in [0.3, 0.4) is 0 Å². The molecule has 0 heterocycles. The van der Waals surface area contributed by atoms with Gasteiger partial charge in [0.1, 0.15) is 5.75 Å². The van der Waals surface area contributed by atoms with Gasteiger partial charge in [-0.3, -0.25) is 0 Å². The fourth-order valence-electron chi connectivity index (χ4n) is 1.79. The van der Waals surface area contributed by atoms with Crippen LogP contribution < -0.4 is 4.74 Å². The molecule has 1 aromatic rings. The van der Waals surface area contributed by atoms with Crippen molar-refractivity contribution in [1.82, 2.24) is 0 Å². The molecule has 0 aliphatic heterocycles. The van der Waals surface area contributed by atoms with Gasteiger partial charge in [-0.05, 0) is 42.5 Å². The van der Waals surface area contributed by atoms with Crippen molar-refractivity contribution in [2.24, 2.45) is 11.3 Å². The second-order valence-electron chi connectivity index (χ2n) is 6.33. The van der Waals surface area contributed by atoms with E-state index in [-0.39, 0.29) is 17.1 Å². The molecule has 1 aromatic carbocycles. The number of benzene rings is 1. The Morgan fingerprint density at radius 3 is 2.25 bits per heavy atom. The average molecular weight is 319 g/mol. The first-order valence-corrected chi connectivity index (χ1v) is 9.09. The van der Waals surface area contributed by atoms with E-state index in [1.807, 2.05) is 52.8 Å². The second-order valence-corrected chi connectivity index (χ2v) is 9.15. The summed E-state index contributed by atoms with van der Waals surface area (Å²) in [5.41, 5.74) is 2.16. The molecule has 0 N–H and O–H groups in total. The zero-order chi connectivity index (χ0) is 15.6. The molecule has 0 aliphatic carbocycles. The first-order valence-electron chi connectivity index (χ1n) is 6.61. The fourth-order valence-corrected chi connectivity index (χ4v) is 3.32. The predicted octanol–water partition coefficient (Wildman–Crippen LogP) is 3.91. The molecular formula is C15H23ClO3S. The summed E-state index contributed by atoms with van der Waals surface area (Å²) in [4.78, 5) is 0. The van der Waals surface area contributed by atoms with Gasteiger partial charge in [-0.2, -0.15) is 0 Å². The summed E-state index contributed by atoms with van der Waals surface area (Å²) in [5.74, 6) is 0.518. The molecule has 0 spiro atoms. The van der Waals surface area contributed by atoms with Gasteiger partial charge in [0.25, 0.3) is 0 Å². The Hall–Kier alpha value is -0.740. The Balaban J connectivity index is 2.78. The molecule has 20 heavy (non-hydrogen) atoms. The zero-order valence-corrected chi connectivity index (χ0v) is 14.3. The largest absolute Gasteiger partial charge is 0.493 e. The van der Waals surface area contributed by atoms with E-state index in [4.69, 9.17) is 15.4 Å². The van der Waals surface area contributed by atoms with Crippen molar-refractivity contribution in [3.8, 4) is 5.75 Å². The normalized spacial score (nSPS) is 14.1. The number of halogens is 1. The summed E-state index contributed by atoms with van der Waals surface area (Å²) in [5, 5.41) is 0. The minimum atomic E-state index is -3.53. The molecule has 3 nitrogen and oxygen atoms in total. The van der Waals surface area contributed by atoms with Gasteiger partial charge in [0.15, 0.2) is 0 Å². The van der Waals surface area contributed by atoms with Crippen molar-refractivity contribution in [3.05, 3.63) is 29.3 Å². The van der Waals surface area contributed by atoms with Crippen LogP contribution in [0.2, 0.25) is 0 Å². The van der Waals surface area contributed by atoms with Crippen molar-refractivity contribution >= 4 is 19.7 Å². The summed E-state index contributed by atoms with van der Waals surface area (Å²) in [6.07, 6.45) is 0. The number of ether oxygens (including phenoxy) is 1. The Morgan fingerprint density at radius 1 is 1.20 bits per heavy atom. The van der Waals surface area contributed by atoms with Crippen molar-refractivity contribution in [3.63, 3.8) is 0 Å². The lowest BCUT2D eigenvalue weighted by atomic mass is 9.82. The third kappa shape index (κ3) is 5.71. The molecule has 1 atom stereocenters. The highest BCUT2D eigenvalue weighted by Gasteiger charge is 2.29. The maximum atomic E-state index is 11.3. The molecule has 1 rings (SSSR count). The predicted molar refractivity (Wildman–Crippen MR) is 84.0 cm³/mol. The Kier molecular flexibility index (Phi) is 5.50. The first-order chi connectivity index (χ1) is 8.99. The van der Waals surface area contributed by atoms with Crippen molar-refractivity contribution < 1.29 is 13.2 Å². The van der Waals surface area contributed by atoms with Crippen LogP contribution in [0.15, 0.2) is 18.2 Å². The van der Waals surface area contributed by atoms with Crippen LogP contribution in [0, 0.1) is 25.2 Å². The van der Waals surface area contributed by atoms with Crippen LogP contribution in [0.5, 0.6) is 5.75 Å². The van der Waals surface area contributed by atoms with Crippen LogP contribution in [0.4, 0.5) is 0 Å². The molecule has 114 valence electrons. The highest BCUT2D eigenvalue weighted by molar-refractivity contribution is 8.13. The summed E-state index contributed by atoms with van der Waals surface area (Å²) in [7, 11) is 1.84. The van der Waals surface area contributed by atoms with Gasteiger partial charge in [-0.25, -0.2) is 8.42 Å². The summed E-state index contributed by atoms with van der Waals surface area (Å²) in [6.45, 7) is 10.4. The Bertz CT molecular complexity index is 559. The number of rotatable bonds is 5. The molecule has 0 aliphatic rings. The molecule has 0 saturated heterocycles. The number of aryl methyl sites for hydroxylation is 2. The fraction of sp³-hybridized carbons (Fsp3) is 0.600. The standard InChI is InChI=1S/C15H23ClO3S/c1-11-6-7-14(8-12(11)2)19-9-13(15(3,4)5)10-20(16,17)18/h6-8,13H,9-10H2,1-5H3. The zero-order valence-electron chi connectivity index (χ0n) is 12.7. The third-order valence-electron chi connectivity index (χ3n) is 3.55. The topological polar surface area (TPSA) is 43.4 Å². The molecule has 0 radical (unpaired) electrons. The Morgan fingerprint density at radius 2 is 1.80 bits per heavy atom. The summed E-state index contributed by atoms with van der Waals surface area (Å²) in [6, 6.07) is 5.86. The van der Waals surface area contributed by atoms with Crippen molar-refractivity contribution in [2.75, 3.05) is 12.4 Å². The molecule has 5 heteroatoms. The molecule has 1 unspecified atom stereocenters. The number of hydrogen-bond acceptors (Lipinski definition) is 3. The quantitative estimate of drug-likeness (QED) is 0.773. The van der Waals surface area contributed by atoms with Crippen LogP contribution in [-0.4, -0.2) is 20.8 Å². The van der Waals surface area contributed by atoms with E-state index >= 15 is 0 Å². The summed E-state index contributed by atoms with van der Waals surface area (Å²) < 4.78 is 28.4. The molecule has 0 amide bonds. The van der Waals surface area contributed by atoms with Gasteiger partial charge >= 0.3 is 0 Å². The third-order valence-corrected chi connectivity index (χ3v) is 4.73. The van der Waals surface area contributed by atoms with E-state index in [2.05, 4.69) is 0 Å². The minimum absolute atomic E-state index is 0.0805. The van der Waals surface area contributed by atoms with Gasteiger partial charge in [0.05, 0.1) is 12.4 Å². The molecule has 0 aromatic heterocycles. The molecule has 0 bridgehead atoms. The van der Waals surface area contributed by atoms with Crippen molar-refractivity contribution in [2.45, 2.75) is 34.6 Å². The minimum Gasteiger partial charge on any atom is -0.493 e. The maximum absolute atomic E-state index is 11.3. The van der Waals surface area contributed by atoms with Crippen LogP contribution in [0.1, 0.15) is 31.9 Å². The first kappa shape index (κ1) is 17.3. The molecule has 0 fully saturated rings. The monoisotopic (exact) mass is 318 g/mol. The highest BCUT2D eigenvalue weighted by atomic mass is 35.7.